The molecule has 0 fully saturated rings. The van der Waals surface area contributed by atoms with E-state index in [4.69, 9.17) is 11.6 Å². The number of hydrogen-bond acceptors (Lipinski definition) is 7. The summed E-state index contributed by atoms with van der Waals surface area (Å²) in [6.45, 7) is 0. The van der Waals surface area contributed by atoms with Gasteiger partial charge in [-0.3, -0.25) is 14.8 Å². The van der Waals surface area contributed by atoms with Crippen LogP contribution >= 0.6 is 22.9 Å². The molecule has 1 N–H and O–H groups in total. The van der Waals surface area contributed by atoms with Crippen LogP contribution in [-0.2, 0) is 10.0 Å². The zero-order chi connectivity index (χ0) is 14.0. The van der Waals surface area contributed by atoms with Gasteiger partial charge in [0.05, 0.1) is 9.82 Å². The normalized spacial score (nSPS) is 11.2. The highest BCUT2D eigenvalue weighted by Crippen LogP contribution is 2.28. The van der Waals surface area contributed by atoms with Crippen molar-refractivity contribution in [3.63, 3.8) is 0 Å². The van der Waals surface area contributed by atoms with Crippen molar-refractivity contribution in [1.29, 1.82) is 0 Å². The number of hydrogen-bond donors (Lipinski definition) is 1. The standard InChI is InChI=1S/C8H5ClN4O4S2/c9-6-2-1-5(3-7(6)13(14)15)19(16,17)12-8-11-10-4-18-8/h1-4H,(H,11,12). The van der Waals surface area contributed by atoms with Crippen LogP contribution in [0.5, 0.6) is 0 Å². The Morgan fingerprint density at radius 1 is 1.42 bits per heavy atom. The maximum Gasteiger partial charge on any atom is 0.289 e. The molecule has 0 aliphatic carbocycles. The van der Waals surface area contributed by atoms with Gasteiger partial charge in [-0.15, -0.1) is 10.2 Å². The zero-order valence-corrected chi connectivity index (χ0v) is 11.4. The van der Waals surface area contributed by atoms with Crippen molar-refractivity contribution in [2.75, 3.05) is 4.72 Å². The molecule has 0 aliphatic heterocycles. The van der Waals surface area contributed by atoms with Crippen molar-refractivity contribution in [3.05, 3.63) is 38.8 Å². The molecule has 1 aromatic heterocycles. The van der Waals surface area contributed by atoms with Crippen molar-refractivity contribution < 1.29 is 13.3 Å². The fourth-order valence-corrected chi connectivity index (χ4v) is 3.09. The summed E-state index contributed by atoms with van der Waals surface area (Å²) in [6, 6.07) is 3.19. The summed E-state index contributed by atoms with van der Waals surface area (Å²) < 4.78 is 26.0. The molecular weight excluding hydrogens is 316 g/mol. The molecule has 0 saturated carbocycles. The number of aromatic nitrogens is 2. The first-order chi connectivity index (χ1) is 8.90. The van der Waals surface area contributed by atoms with Gasteiger partial charge in [-0.2, -0.15) is 0 Å². The number of benzene rings is 1. The Hall–Kier alpha value is -1.78. The number of nitrogens with one attached hydrogen (secondary N) is 1. The molecule has 0 amide bonds. The minimum atomic E-state index is -3.96. The number of halogens is 1. The summed E-state index contributed by atoms with van der Waals surface area (Å²) in [5, 5.41) is 17.6. The van der Waals surface area contributed by atoms with E-state index < -0.39 is 20.6 Å². The minimum absolute atomic E-state index is 0.0672. The van der Waals surface area contributed by atoms with Crippen LogP contribution in [0.4, 0.5) is 10.8 Å². The summed E-state index contributed by atoms with van der Waals surface area (Å²) in [5.41, 5.74) is 0.865. The Labute approximate surface area is 116 Å². The lowest BCUT2D eigenvalue weighted by Crippen LogP contribution is -2.13. The van der Waals surface area contributed by atoms with Crippen molar-refractivity contribution in [3.8, 4) is 0 Å². The van der Waals surface area contributed by atoms with E-state index in [2.05, 4.69) is 14.9 Å². The van der Waals surface area contributed by atoms with E-state index in [1.165, 1.54) is 11.6 Å². The van der Waals surface area contributed by atoms with Crippen molar-refractivity contribution in [2.45, 2.75) is 4.90 Å². The van der Waals surface area contributed by atoms with Crippen molar-refractivity contribution in [1.82, 2.24) is 10.2 Å². The predicted octanol–water partition coefficient (Wildman–Crippen LogP) is 1.90. The molecule has 0 aliphatic rings. The summed E-state index contributed by atoms with van der Waals surface area (Å²) in [7, 11) is -3.96. The number of rotatable bonds is 4. The molecular formula is C8H5ClN4O4S2. The first-order valence-corrected chi connectivity index (χ1v) is 7.37. The Balaban J connectivity index is 2.41. The van der Waals surface area contributed by atoms with Gasteiger partial charge in [0.15, 0.2) is 0 Å². The average molecular weight is 321 g/mol. The summed E-state index contributed by atoms with van der Waals surface area (Å²) in [5.74, 6) is 0. The van der Waals surface area contributed by atoms with E-state index in [1.807, 2.05) is 0 Å². The lowest BCUT2D eigenvalue weighted by molar-refractivity contribution is -0.384. The maximum atomic E-state index is 11.9. The van der Waals surface area contributed by atoms with Gasteiger partial charge in [0.25, 0.3) is 15.7 Å². The number of nitro groups is 1. The van der Waals surface area contributed by atoms with Gasteiger partial charge in [-0.05, 0) is 12.1 Å². The van der Waals surface area contributed by atoms with Crippen LogP contribution in [-0.4, -0.2) is 23.5 Å². The van der Waals surface area contributed by atoms with Gasteiger partial charge in [-0.1, -0.05) is 22.9 Å². The molecule has 1 heterocycles. The number of anilines is 1. The second-order valence-corrected chi connectivity index (χ2v) is 6.14. The molecule has 100 valence electrons. The van der Waals surface area contributed by atoms with Gasteiger partial charge in [-0.25, -0.2) is 8.42 Å². The van der Waals surface area contributed by atoms with Crippen molar-refractivity contribution >= 4 is 43.8 Å². The first-order valence-electron chi connectivity index (χ1n) is 4.63. The van der Waals surface area contributed by atoms with E-state index >= 15 is 0 Å². The maximum absolute atomic E-state index is 11.9. The monoisotopic (exact) mass is 320 g/mol. The lowest BCUT2D eigenvalue weighted by atomic mass is 10.3. The average Bonchev–Trinajstić information content (AvgIpc) is 2.80. The molecule has 2 aromatic rings. The number of nitrogens with zero attached hydrogens (tertiary/aromatic N) is 3. The van der Waals surface area contributed by atoms with Crippen LogP contribution in [0.2, 0.25) is 5.02 Å². The van der Waals surface area contributed by atoms with Crippen LogP contribution in [0.15, 0.2) is 28.6 Å². The quantitative estimate of drug-likeness (QED) is 0.679. The Morgan fingerprint density at radius 2 is 2.16 bits per heavy atom. The summed E-state index contributed by atoms with van der Waals surface area (Å²) in [4.78, 5) is 9.67. The molecule has 11 heteroatoms. The van der Waals surface area contributed by atoms with E-state index in [0.29, 0.717) is 0 Å². The molecule has 2 rings (SSSR count). The van der Waals surface area contributed by atoms with Crippen molar-refractivity contribution in [2.24, 2.45) is 0 Å². The molecule has 0 spiro atoms. The van der Waals surface area contributed by atoms with Crippen LogP contribution < -0.4 is 4.72 Å². The smallest absolute Gasteiger partial charge is 0.258 e. The highest BCUT2D eigenvalue weighted by Gasteiger charge is 2.21. The summed E-state index contributed by atoms with van der Waals surface area (Å²) >= 11 is 6.59. The third-order valence-electron chi connectivity index (χ3n) is 2.01. The molecule has 0 atom stereocenters. The second-order valence-electron chi connectivity index (χ2n) is 3.22. The zero-order valence-electron chi connectivity index (χ0n) is 8.98. The highest BCUT2D eigenvalue weighted by atomic mass is 35.5. The summed E-state index contributed by atoms with van der Waals surface area (Å²) in [6.07, 6.45) is 0. The molecule has 0 bridgehead atoms. The topological polar surface area (TPSA) is 115 Å². The Kier molecular flexibility index (Phi) is 3.64. The molecule has 0 saturated heterocycles. The van der Waals surface area contributed by atoms with Crippen LogP contribution in [0.1, 0.15) is 0 Å². The Bertz CT molecular complexity index is 716. The van der Waals surface area contributed by atoms with Gasteiger partial charge >= 0.3 is 0 Å². The third-order valence-corrected chi connectivity index (χ3v) is 4.40. The third kappa shape index (κ3) is 2.97. The van der Waals surface area contributed by atoms with Gasteiger partial charge in [0.2, 0.25) is 5.13 Å². The van der Waals surface area contributed by atoms with E-state index in [9.17, 15) is 18.5 Å². The minimum Gasteiger partial charge on any atom is -0.258 e. The SMILES string of the molecule is O=[N+]([O-])c1cc(S(=O)(=O)Nc2nncs2)ccc1Cl. The fourth-order valence-electron chi connectivity index (χ4n) is 1.19. The molecule has 1 aromatic carbocycles. The lowest BCUT2D eigenvalue weighted by Gasteiger charge is -2.04. The molecule has 8 nitrogen and oxygen atoms in total. The first kappa shape index (κ1) is 13.6. The van der Waals surface area contributed by atoms with Gasteiger partial charge in [0, 0.05) is 6.07 Å². The second kappa shape index (κ2) is 5.07. The van der Waals surface area contributed by atoms with Gasteiger partial charge in [0.1, 0.15) is 10.5 Å². The molecule has 19 heavy (non-hydrogen) atoms. The molecule has 0 unspecified atom stereocenters. The van der Waals surface area contributed by atoms with E-state index in [-0.39, 0.29) is 15.0 Å². The largest absolute Gasteiger partial charge is 0.289 e. The number of sulfonamides is 1. The fraction of sp³-hybridized carbons (Fsp3) is 0. The predicted molar refractivity (Wildman–Crippen MR) is 68.8 cm³/mol. The van der Waals surface area contributed by atoms with Gasteiger partial charge < -0.3 is 0 Å². The molecule has 0 radical (unpaired) electrons. The van der Waals surface area contributed by atoms with E-state index in [0.717, 1.165) is 23.5 Å². The van der Waals surface area contributed by atoms with Crippen LogP contribution in [0.25, 0.3) is 0 Å². The number of nitro benzene ring substituents is 1. The highest BCUT2D eigenvalue weighted by molar-refractivity contribution is 7.93. The van der Waals surface area contributed by atoms with Crippen LogP contribution in [0.3, 0.4) is 0 Å². The van der Waals surface area contributed by atoms with Crippen LogP contribution in [0, 0.1) is 10.1 Å². The Morgan fingerprint density at radius 3 is 2.74 bits per heavy atom. The van der Waals surface area contributed by atoms with E-state index in [1.54, 1.807) is 0 Å².